The fourth-order valence-electron chi connectivity index (χ4n) is 2.96. The summed E-state index contributed by atoms with van der Waals surface area (Å²) in [6.45, 7) is 6.35. The van der Waals surface area contributed by atoms with Crippen LogP contribution in [0.1, 0.15) is 31.4 Å². The minimum Gasteiger partial charge on any atom is -0.496 e. The molecule has 1 heterocycles. The molecule has 1 saturated heterocycles. The Morgan fingerprint density at radius 3 is 2.81 bits per heavy atom. The van der Waals surface area contributed by atoms with Crippen LogP contribution in [0.15, 0.2) is 24.3 Å². The van der Waals surface area contributed by atoms with Crippen LogP contribution < -0.4 is 10.1 Å². The Hall–Kier alpha value is -1.10. The van der Waals surface area contributed by atoms with Crippen molar-refractivity contribution in [3.63, 3.8) is 0 Å². The molecule has 2 rings (SSSR count). The van der Waals surface area contributed by atoms with Gasteiger partial charge < -0.3 is 14.8 Å². The van der Waals surface area contributed by atoms with Crippen LogP contribution in [-0.2, 0) is 4.74 Å². The average Bonchev–Trinajstić information content (AvgIpc) is 2.99. The van der Waals surface area contributed by atoms with Crippen LogP contribution in [0.4, 0.5) is 0 Å². The van der Waals surface area contributed by atoms with E-state index in [9.17, 15) is 0 Å². The zero-order chi connectivity index (χ0) is 15.1. The maximum atomic E-state index is 5.53. The quantitative estimate of drug-likeness (QED) is 0.798. The van der Waals surface area contributed by atoms with Gasteiger partial charge in [-0.05, 0) is 25.5 Å². The first kappa shape index (κ1) is 16.3. The Morgan fingerprint density at radius 1 is 1.33 bits per heavy atom. The number of rotatable bonds is 8. The number of nitrogens with one attached hydrogen (secondary N) is 1. The summed E-state index contributed by atoms with van der Waals surface area (Å²) in [4.78, 5) is 2.48. The van der Waals surface area contributed by atoms with E-state index in [1.54, 1.807) is 14.2 Å². The standard InChI is InChI=1S/C17H28N2O2/c1-4-10-18-16(13-19-11-9-14(12-19)20-2)15-7-5-6-8-17(15)21-3/h5-8,14,16,18H,4,9-13H2,1-3H3. The van der Waals surface area contributed by atoms with Gasteiger partial charge in [-0.1, -0.05) is 25.1 Å². The molecular weight excluding hydrogens is 264 g/mol. The first-order valence-corrected chi connectivity index (χ1v) is 7.90. The summed E-state index contributed by atoms with van der Waals surface area (Å²) in [6, 6.07) is 8.61. The summed E-state index contributed by atoms with van der Waals surface area (Å²) in [5.41, 5.74) is 1.24. The van der Waals surface area contributed by atoms with Crippen molar-refractivity contribution < 1.29 is 9.47 Å². The summed E-state index contributed by atoms with van der Waals surface area (Å²) in [5.74, 6) is 0.966. The summed E-state index contributed by atoms with van der Waals surface area (Å²) in [6.07, 6.45) is 2.64. The first-order chi connectivity index (χ1) is 10.3. The molecule has 0 bridgehead atoms. The van der Waals surface area contributed by atoms with Gasteiger partial charge in [0.1, 0.15) is 5.75 Å². The van der Waals surface area contributed by atoms with Gasteiger partial charge in [0.2, 0.25) is 0 Å². The third-order valence-corrected chi connectivity index (χ3v) is 4.16. The van der Waals surface area contributed by atoms with E-state index in [2.05, 4.69) is 29.3 Å². The van der Waals surface area contributed by atoms with Crippen molar-refractivity contribution in [1.29, 1.82) is 0 Å². The highest BCUT2D eigenvalue weighted by Gasteiger charge is 2.25. The lowest BCUT2D eigenvalue weighted by atomic mass is 10.0. The zero-order valence-corrected chi connectivity index (χ0v) is 13.5. The maximum absolute atomic E-state index is 5.53. The second kappa shape index (κ2) is 8.37. The number of para-hydroxylation sites is 1. The molecule has 2 atom stereocenters. The lowest BCUT2D eigenvalue weighted by molar-refractivity contribution is 0.106. The molecule has 118 valence electrons. The van der Waals surface area contributed by atoms with Crippen molar-refractivity contribution in [3.8, 4) is 5.75 Å². The molecule has 1 aliphatic heterocycles. The van der Waals surface area contributed by atoms with E-state index in [0.29, 0.717) is 12.1 Å². The predicted molar refractivity (Wildman–Crippen MR) is 85.9 cm³/mol. The highest BCUT2D eigenvalue weighted by Crippen LogP contribution is 2.26. The Bertz CT molecular complexity index is 425. The van der Waals surface area contributed by atoms with E-state index in [1.807, 2.05) is 12.1 Å². The van der Waals surface area contributed by atoms with E-state index in [-0.39, 0.29) is 0 Å². The second-order valence-corrected chi connectivity index (χ2v) is 5.65. The lowest BCUT2D eigenvalue weighted by Gasteiger charge is -2.26. The molecule has 0 aromatic heterocycles. The molecule has 0 amide bonds. The molecule has 1 fully saturated rings. The monoisotopic (exact) mass is 292 g/mol. The van der Waals surface area contributed by atoms with Crippen LogP contribution in [0.2, 0.25) is 0 Å². The Morgan fingerprint density at radius 2 is 2.14 bits per heavy atom. The molecule has 0 saturated carbocycles. The molecule has 1 N–H and O–H groups in total. The number of ether oxygens (including phenoxy) is 2. The normalized spacial score (nSPS) is 20.6. The van der Waals surface area contributed by atoms with Gasteiger partial charge in [0, 0.05) is 38.3 Å². The maximum Gasteiger partial charge on any atom is 0.123 e. The topological polar surface area (TPSA) is 33.7 Å². The van der Waals surface area contributed by atoms with Crippen molar-refractivity contribution >= 4 is 0 Å². The fraction of sp³-hybridized carbons (Fsp3) is 0.647. The Labute approximate surface area is 128 Å². The van der Waals surface area contributed by atoms with Crippen molar-refractivity contribution in [2.45, 2.75) is 31.9 Å². The number of hydrogen-bond acceptors (Lipinski definition) is 4. The summed E-state index contributed by atoms with van der Waals surface area (Å²) in [5, 5.41) is 3.66. The van der Waals surface area contributed by atoms with Crippen molar-refractivity contribution in [2.75, 3.05) is 40.4 Å². The van der Waals surface area contributed by atoms with E-state index in [1.165, 1.54) is 5.56 Å². The van der Waals surface area contributed by atoms with Crippen molar-refractivity contribution in [2.24, 2.45) is 0 Å². The molecule has 4 nitrogen and oxygen atoms in total. The molecule has 0 aliphatic carbocycles. The number of hydrogen-bond donors (Lipinski definition) is 1. The van der Waals surface area contributed by atoms with E-state index in [0.717, 1.165) is 44.8 Å². The SMILES string of the molecule is CCCNC(CN1CCC(OC)C1)c1ccccc1OC. The molecule has 1 aromatic carbocycles. The number of likely N-dealkylation sites (tertiary alicyclic amines) is 1. The number of nitrogens with zero attached hydrogens (tertiary/aromatic N) is 1. The van der Waals surface area contributed by atoms with Crippen LogP contribution in [0, 0.1) is 0 Å². The van der Waals surface area contributed by atoms with Crippen LogP contribution in [0.3, 0.4) is 0 Å². The van der Waals surface area contributed by atoms with Gasteiger partial charge >= 0.3 is 0 Å². The minimum absolute atomic E-state index is 0.303. The first-order valence-electron chi connectivity index (χ1n) is 7.90. The molecule has 21 heavy (non-hydrogen) atoms. The molecule has 1 aliphatic rings. The third kappa shape index (κ3) is 4.43. The number of methoxy groups -OCH3 is 2. The smallest absolute Gasteiger partial charge is 0.123 e. The lowest BCUT2D eigenvalue weighted by Crippen LogP contribution is -2.35. The van der Waals surface area contributed by atoms with Gasteiger partial charge in [0.15, 0.2) is 0 Å². The highest BCUT2D eigenvalue weighted by atomic mass is 16.5. The van der Waals surface area contributed by atoms with E-state index < -0.39 is 0 Å². The van der Waals surface area contributed by atoms with Crippen LogP contribution in [0.25, 0.3) is 0 Å². The van der Waals surface area contributed by atoms with Crippen molar-refractivity contribution in [3.05, 3.63) is 29.8 Å². The molecule has 4 heteroatoms. The summed E-state index contributed by atoms with van der Waals surface area (Å²) >= 11 is 0. The van der Waals surface area contributed by atoms with Crippen LogP contribution in [0.5, 0.6) is 5.75 Å². The highest BCUT2D eigenvalue weighted by molar-refractivity contribution is 5.36. The summed E-state index contributed by atoms with van der Waals surface area (Å²) in [7, 11) is 3.55. The second-order valence-electron chi connectivity index (χ2n) is 5.65. The molecular formula is C17H28N2O2. The third-order valence-electron chi connectivity index (χ3n) is 4.16. The van der Waals surface area contributed by atoms with Gasteiger partial charge in [-0.25, -0.2) is 0 Å². The van der Waals surface area contributed by atoms with Gasteiger partial charge in [0.05, 0.1) is 13.2 Å². The van der Waals surface area contributed by atoms with Gasteiger partial charge in [0.25, 0.3) is 0 Å². The van der Waals surface area contributed by atoms with Crippen LogP contribution >= 0.6 is 0 Å². The Kier molecular flexibility index (Phi) is 6.49. The van der Waals surface area contributed by atoms with Gasteiger partial charge in [-0.2, -0.15) is 0 Å². The zero-order valence-electron chi connectivity index (χ0n) is 13.5. The number of benzene rings is 1. The average molecular weight is 292 g/mol. The minimum atomic E-state index is 0.303. The van der Waals surface area contributed by atoms with E-state index in [4.69, 9.17) is 9.47 Å². The molecule has 1 aromatic rings. The van der Waals surface area contributed by atoms with Gasteiger partial charge in [-0.3, -0.25) is 4.90 Å². The van der Waals surface area contributed by atoms with Crippen LogP contribution in [-0.4, -0.2) is 51.4 Å². The molecule has 0 spiro atoms. The summed E-state index contributed by atoms with van der Waals surface area (Å²) < 4.78 is 11.0. The van der Waals surface area contributed by atoms with Crippen molar-refractivity contribution in [1.82, 2.24) is 10.2 Å². The largest absolute Gasteiger partial charge is 0.496 e. The predicted octanol–water partition coefficient (Wildman–Crippen LogP) is 2.46. The fourth-order valence-corrected chi connectivity index (χ4v) is 2.96. The Balaban J connectivity index is 2.07. The van der Waals surface area contributed by atoms with Gasteiger partial charge in [-0.15, -0.1) is 0 Å². The van der Waals surface area contributed by atoms with E-state index >= 15 is 0 Å². The molecule has 0 radical (unpaired) electrons. The molecule has 2 unspecified atom stereocenters.